The summed E-state index contributed by atoms with van der Waals surface area (Å²) in [5.41, 5.74) is 0. The summed E-state index contributed by atoms with van der Waals surface area (Å²) in [5, 5.41) is 3.64. The summed E-state index contributed by atoms with van der Waals surface area (Å²) in [4.78, 5) is 0. The molecular formula is C12H25NO. The molecule has 2 heteroatoms. The van der Waals surface area contributed by atoms with Gasteiger partial charge in [0, 0.05) is 19.8 Å². The molecule has 0 aromatic heterocycles. The first kappa shape index (κ1) is 12.0. The number of hydrogen-bond donors (Lipinski definition) is 1. The third-order valence-electron chi connectivity index (χ3n) is 3.02. The van der Waals surface area contributed by atoms with Gasteiger partial charge in [-0.3, -0.25) is 0 Å². The Kier molecular flexibility index (Phi) is 6.20. The van der Waals surface area contributed by atoms with Crippen molar-refractivity contribution in [3.63, 3.8) is 0 Å². The monoisotopic (exact) mass is 199 g/mol. The molecule has 1 aliphatic carbocycles. The van der Waals surface area contributed by atoms with Gasteiger partial charge in [-0.2, -0.15) is 0 Å². The Hall–Kier alpha value is -0.0800. The minimum Gasteiger partial charge on any atom is -0.385 e. The molecule has 0 radical (unpaired) electrons. The molecule has 0 spiro atoms. The van der Waals surface area contributed by atoms with Crippen LogP contribution in [0.4, 0.5) is 0 Å². The van der Waals surface area contributed by atoms with E-state index in [0.29, 0.717) is 0 Å². The molecule has 1 saturated carbocycles. The van der Waals surface area contributed by atoms with Crippen LogP contribution in [0.1, 0.15) is 45.4 Å². The van der Waals surface area contributed by atoms with Gasteiger partial charge in [-0.15, -0.1) is 0 Å². The summed E-state index contributed by atoms with van der Waals surface area (Å²) in [7, 11) is 1.77. The number of ether oxygens (including phenoxy) is 1. The second kappa shape index (κ2) is 7.24. The molecule has 0 saturated heterocycles. The van der Waals surface area contributed by atoms with Gasteiger partial charge < -0.3 is 10.1 Å². The minimum absolute atomic E-state index is 0.769. The van der Waals surface area contributed by atoms with E-state index in [1.807, 2.05) is 0 Å². The first-order valence-corrected chi connectivity index (χ1v) is 6.09. The van der Waals surface area contributed by atoms with Crippen LogP contribution in [0, 0.1) is 5.92 Å². The van der Waals surface area contributed by atoms with Crippen LogP contribution in [0.25, 0.3) is 0 Å². The average molecular weight is 199 g/mol. The minimum atomic E-state index is 0.769. The fraction of sp³-hybridized carbons (Fsp3) is 1.00. The van der Waals surface area contributed by atoms with E-state index in [-0.39, 0.29) is 0 Å². The van der Waals surface area contributed by atoms with Gasteiger partial charge >= 0.3 is 0 Å². The van der Waals surface area contributed by atoms with Crippen molar-refractivity contribution in [2.75, 3.05) is 20.3 Å². The van der Waals surface area contributed by atoms with E-state index < -0.39 is 0 Å². The van der Waals surface area contributed by atoms with Gasteiger partial charge in [-0.25, -0.2) is 0 Å². The molecule has 84 valence electrons. The Balaban J connectivity index is 1.90. The Morgan fingerprint density at radius 1 is 1.36 bits per heavy atom. The topological polar surface area (TPSA) is 21.3 Å². The molecule has 1 N–H and O–H groups in total. The molecule has 0 amide bonds. The lowest BCUT2D eigenvalue weighted by Gasteiger charge is -2.16. The molecule has 14 heavy (non-hydrogen) atoms. The third kappa shape index (κ3) is 5.61. The van der Waals surface area contributed by atoms with Crippen molar-refractivity contribution in [3.8, 4) is 0 Å². The first-order valence-electron chi connectivity index (χ1n) is 6.09. The molecule has 0 aliphatic heterocycles. The molecule has 1 aliphatic rings. The molecule has 0 bridgehead atoms. The maximum Gasteiger partial charge on any atom is 0.0462 e. The normalized spacial score (nSPS) is 18.4. The predicted octanol–water partition coefficient (Wildman–Crippen LogP) is 2.58. The van der Waals surface area contributed by atoms with E-state index in [0.717, 1.165) is 25.1 Å². The molecule has 0 heterocycles. The lowest BCUT2D eigenvalue weighted by atomic mass is 10.1. The van der Waals surface area contributed by atoms with E-state index in [2.05, 4.69) is 12.2 Å². The van der Waals surface area contributed by atoms with Crippen LogP contribution in [0.3, 0.4) is 0 Å². The maximum atomic E-state index is 5.02. The SMILES string of the molecule is CCC(CC1CC1)NCCCCOC. The van der Waals surface area contributed by atoms with Gasteiger partial charge in [-0.1, -0.05) is 19.8 Å². The average Bonchev–Trinajstić information content (AvgIpc) is 2.99. The van der Waals surface area contributed by atoms with Crippen molar-refractivity contribution < 1.29 is 4.74 Å². The van der Waals surface area contributed by atoms with Crippen molar-refractivity contribution in [2.24, 2.45) is 5.92 Å². The summed E-state index contributed by atoms with van der Waals surface area (Å²) in [6, 6.07) is 0.769. The van der Waals surface area contributed by atoms with Crippen molar-refractivity contribution in [1.82, 2.24) is 5.32 Å². The number of rotatable bonds is 9. The van der Waals surface area contributed by atoms with Crippen LogP contribution in [-0.4, -0.2) is 26.3 Å². The molecule has 2 nitrogen and oxygen atoms in total. The lowest BCUT2D eigenvalue weighted by Crippen LogP contribution is -2.29. The second-order valence-corrected chi connectivity index (χ2v) is 4.44. The highest BCUT2D eigenvalue weighted by molar-refractivity contribution is 4.79. The molecule has 1 rings (SSSR count). The van der Waals surface area contributed by atoms with E-state index in [4.69, 9.17) is 4.74 Å². The molecule has 1 fully saturated rings. The lowest BCUT2D eigenvalue weighted by molar-refractivity contribution is 0.192. The number of methoxy groups -OCH3 is 1. The fourth-order valence-corrected chi connectivity index (χ4v) is 1.83. The zero-order valence-corrected chi connectivity index (χ0v) is 9.72. The molecule has 0 aromatic rings. The van der Waals surface area contributed by atoms with Crippen LogP contribution >= 0.6 is 0 Å². The molecule has 1 unspecified atom stereocenters. The van der Waals surface area contributed by atoms with Crippen LogP contribution in [0.5, 0.6) is 0 Å². The Morgan fingerprint density at radius 3 is 2.71 bits per heavy atom. The first-order chi connectivity index (χ1) is 6.86. The maximum absolute atomic E-state index is 5.02. The smallest absolute Gasteiger partial charge is 0.0462 e. The van der Waals surface area contributed by atoms with Gasteiger partial charge in [0.25, 0.3) is 0 Å². The van der Waals surface area contributed by atoms with Crippen molar-refractivity contribution in [1.29, 1.82) is 0 Å². The summed E-state index contributed by atoms with van der Waals surface area (Å²) in [5.74, 6) is 1.05. The van der Waals surface area contributed by atoms with Gasteiger partial charge in [0.15, 0.2) is 0 Å². The van der Waals surface area contributed by atoms with Gasteiger partial charge in [0.2, 0.25) is 0 Å². The van der Waals surface area contributed by atoms with Crippen molar-refractivity contribution in [3.05, 3.63) is 0 Å². The Labute approximate surface area is 88.4 Å². The zero-order chi connectivity index (χ0) is 10.2. The van der Waals surface area contributed by atoms with Gasteiger partial charge in [0.05, 0.1) is 0 Å². The van der Waals surface area contributed by atoms with E-state index in [1.54, 1.807) is 7.11 Å². The molecular weight excluding hydrogens is 174 g/mol. The van der Waals surface area contributed by atoms with Crippen molar-refractivity contribution >= 4 is 0 Å². The highest BCUT2D eigenvalue weighted by Gasteiger charge is 2.24. The molecule has 0 aromatic carbocycles. The predicted molar refractivity (Wildman–Crippen MR) is 60.5 cm³/mol. The fourth-order valence-electron chi connectivity index (χ4n) is 1.83. The van der Waals surface area contributed by atoms with Gasteiger partial charge in [0.1, 0.15) is 0 Å². The van der Waals surface area contributed by atoms with Crippen LogP contribution in [0.15, 0.2) is 0 Å². The largest absolute Gasteiger partial charge is 0.385 e. The highest BCUT2D eigenvalue weighted by atomic mass is 16.5. The van der Waals surface area contributed by atoms with Crippen LogP contribution in [-0.2, 0) is 4.74 Å². The standard InChI is InChI=1S/C12H25NO/c1-3-12(10-11-6-7-11)13-8-4-5-9-14-2/h11-13H,3-10H2,1-2H3. The van der Waals surface area contributed by atoms with Crippen LogP contribution in [0.2, 0.25) is 0 Å². The number of unbranched alkanes of at least 4 members (excludes halogenated alkanes) is 1. The van der Waals surface area contributed by atoms with E-state index in [9.17, 15) is 0 Å². The second-order valence-electron chi connectivity index (χ2n) is 4.44. The molecule has 1 atom stereocenters. The summed E-state index contributed by atoms with van der Waals surface area (Å²) < 4.78 is 5.02. The van der Waals surface area contributed by atoms with E-state index in [1.165, 1.54) is 38.5 Å². The summed E-state index contributed by atoms with van der Waals surface area (Å²) in [6.45, 7) is 4.35. The number of hydrogen-bond acceptors (Lipinski definition) is 2. The summed E-state index contributed by atoms with van der Waals surface area (Å²) >= 11 is 0. The third-order valence-corrected chi connectivity index (χ3v) is 3.02. The zero-order valence-electron chi connectivity index (χ0n) is 9.72. The highest BCUT2D eigenvalue weighted by Crippen LogP contribution is 2.33. The van der Waals surface area contributed by atoms with Crippen molar-refractivity contribution in [2.45, 2.75) is 51.5 Å². The Morgan fingerprint density at radius 2 is 2.14 bits per heavy atom. The Bertz CT molecular complexity index is 134. The summed E-state index contributed by atoms with van der Waals surface area (Å²) in [6.07, 6.45) is 8.06. The van der Waals surface area contributed by atoms with Gasteiger partial charge in [-0.05, 0) is 38.1 Å². The van der Waals surface area contributed by atoms with E-state index >= 15 is 0 Å². The quantitative estimate of drug-likeness (QED) is 0.576. The van der Waals surface area contributed by atoms with Crippen LogP contribution < -0.4 is 5.32 Å². The number of nitrogens with one attached hydrogen (secondary N) is 1.